The van der Waals surface area contributed by atoms with E-state index in [1.807, 2.05) is 0 Å². The van der Waals surface area contributed by atoms with Crippen molar-refractivity contribution in [1.29, 1.82) is 0 Å². The summed E-state index contributed by atoms with van der Waals surface area (Å²) in [7, 11) is 0. The molecule has 0 aromatic carbocycles. The Morgan fingerprint density at radius 2 is 2.20 bits per heavy atom. The highest BCUT2D eigenvalue weighted by molar-refractivity contribution is 6.21. The van der Waals surface area contributed by atoms with Crippen molar-refractivity contribution in [2.24, 2.45) is 22.5 Å². The van der Waals surface area contributed by atoms with Crippen LogP contribution in [0.2, 0.25) is 0 Å². The molecule has 2 bridgehead atoms. The van der Waals surface area contributed by atoms with Crippen LogP contribution in [0, 0.1) is 16.7 Å². The van der Waals surface area contributed by atoms with Gasteiger partial charge in [0.2, 0.25) is 0 Å². The third-order valence-electron chi connectivity index (χ3n) is 5.21. The molecule has 0 spiro atoms. The standard InChI is InChI=1S/C12H22ClNO/c1-11(2)8-3-4-12(11,10(13)5-8)6-9(15)7-14/h8-10,15H,3-7,14H2,1-2H3/t8-,9?,10+,12-/m0/s1. The average molecular weight is 232 g/mol. The second-order valence-corrected chi connectivity index (χ2v) is 6.44. The van der Waals surface area contributed by atoms with E-state index in [2.05, 4.69) is 13.8 Å². The molecular formula is C12H22ClNO. The van der Waals surface area contributed by atoms with Crippen LogP contribution in [0.25, 0.3) is 0 Å². The lowest BCUT2D eigenvalue weighted by atomic mass is 9.66. The monoisotopic (exact) mass is 231 g/mol. The first-order valence-electron chi connectivity index (χ1n) is 5.96. The Bertz CT molecular complexity index is 256. The first kappa shape index (κ1) is 11.7. The molecule has 0 radical (unpaired) electrons. The SMILES string of the molecule is CC1(C)[C@H]2CC[C@]1(CC(O)CN)[C@H](Cl)C2. The minimum absolute atomic E-state index is 0.123. The first-order chi connectivity index (χ1) is 6.94. The molecule has 2 saturated carbocycles. The minimum atomic E-state index is -0.387. The molecule has 2 fully saturated rings. The van der Waals surface area contributed by atoms with Gasteiger partial charge in [-0.25, -0.2) is 0 Å². The molecule has 1 unspecified atom stereocenters. The predicted octanol–water partition coefficient (Wildman–Crippen LogP) is 2.13. The highest BCUT2D eigenvalue weighted by Gasteiger charge is 2.63. The van der Waals surface area contributed by atoms with Gasteiger partial charge in [-0.05, 0) is 42.4 Å². The van der Waals surface area contributed by atoms with Crippen LogP contribution in [0.3, 0.4) is 0 Å². The third-order valence-corrected chi connectivity index (χ3v) is 5.80. The number of hydrogen-bond acceptors (Lipinski definition) is 2. The Hall–Kier alpha value is 0.210. The molecule has 0 aliphatic heterocycles. The number of hydrogen-bond donors (Lipinski definition) is 2. The molecule has 2 aliphatic rings. The summed E-state index contributed by atoms with van der Waals surface area (Å²) in [6, 6.07) is 0. The van der Waals surface area contributed by atoms with Crippen LogP contribution >= 0.6 is 11.6 Å². The van der Waals surface area contributed by atoms with Crippen LogP contribution < -0.4 is 5.73 Å². The predicted molar refractivity (Wildman–Crippen MR) is 62.9 cm³/mol. The number of alkyl halides is 1. The summed E-state index contributed by atoms with van der Waals surface area (Å²) in [5.41, 5.74) is 5.91. The molecule has 0 amide bonds. The van der Waals surface area contributed by atoms with E-state index >= 15 is 0 Å². The van der Waals surface area contributed by atoms with E-state index < -0.39 is 0 Å². The molecule has 15 heavy (non-hydrogen) atoms. The van der Waals surface area contributed by atoms with Gasteiger partial charge in [-0.3, -0.25) is 0 Å². The maximum Gasteiger partial charge on any atom is 0.0668 e. The zero-order chi connectivity index (χ0) is 11.3. The van der Waals surface area contributed by atoms with Crippen molar-refractivity contribution >= 4 is 11.6 Å². The zero-order valence-corrected chi connectivity index (χ0v) is 10.4. The third kappa shape index (κ3) is 1.45. The van der Waals surface area contributed by atoms with Gasteiger partial charge in [-0.15, -0.1) is 11.6 Å². The lowest BCUT2D eigenvalue weighted by Gasteiger charge is -2.41. The summed E-state index contributed by atoms with van der Waals surface area (Å²) >= 11 is 6.50. The summed E-state index contributed by atoms with van der Waals surface area (Å²) in [5, 5.41) is 10.0. The number of aliphatic hydroxyl groups is 1. The molecule has 0 saturated heterocycles. The van der Waals surface area contributed by atoms with Crippen molar-refractivity contribution < 1.29 is 5.11 Å². The Morgan fingerprint density at radius 3 is 2.60 bits per heavy atom. The summed E-state index contributed by atoms with van der Waals surface area (Å²) in [5.74, 6) is 0.741. The van der Waals surface area contributed by atoms with Crippen molar-refractivity contribution in [3.8, 4) is 0 Å². The van der Waals surface area contributed by atoms with Gasteiger partial charge in [0.05, 0.1) is 6.10 Å². The Morgan fingerprint density at radius 1 is 1.53 bits per heavy atom. The quantitative estimate of drug-likeness (QED) is 0.731. The molecule has 0 heterocycles. The largest absolute Gasteiger partial charge is 0.392 e. The fourth-order valence-electron chi connectivity index (χ4n) is 3.97. The molecule has 0 aromatic rings. The highest BCUT2D eigenvalue weighted by atomic mass is 35.5. The number of rotatable bonds is 3. The number of fused-ring (bicyclic) bond motifs is 2. The van der Waals surface area contributed by atoms with Gasteiger partial charge >= 0.3 is 0 Å². The van der Waals surface area contributed by atoms with Gasteiger partial charge < -0.3 is 10.8 Å². The van der Waals surface area contributed by atoms with E-state index in [-0.39, 0.29) is 22.3 Å². The average Bonchev–Trinajstić information content (AvgIpc) is 2.51. The van der Waals surface area contributed by atoms with E-state index in [1.54, 1.807) is 0 Å². The van der Waals surface area contributed by atoms with E-state index in [4.69, 9.17) is 17.3 Å². The van der Waals surface area contributed by atoms with Crippen molar-refractivity contribution in [2.45, 2.75) is 51.0 Å². The fourth-order valence-corrected chi connectivity index (χ4v) is 4.66. The van der Waals surface area contributed by atoms with E-state index in [1.165, 1.54) is 6.42 Å². The zero-order valence-electron chi connectivity index (χ0n) is 9.67. The lowest BCUT2D eigenvalue weighted by molar-refractivity contribution is 0.0480. The fraction of sp³-hybridized carbons (Fsp3) is 1.00. The maximum absolute atomic E-state index is 9.80. The summed E-state index contributed by atoms with van der Waals surface area (Å²) in [4.78, 5) is 0. The van der Waals surface area contributed by atoms with Crippen LogP contribution in [-0.4, -0.2) is 23.1 Å². The van der Waals surface area contributed by atoms with Gasteiger partial charge in [-0.2, -0.15) is 0 Å². The van der Waals surface area contributed by atoms with Crippen molar-refractivity contribution in [2.75, 3.05) is 6.54 Å². The Balaban J connectivity index is 2.23. The molecule has 4 atom stereocenters. The summed E-state index contributed by atoms with van der Waals surface area (Å²) < 4.78 is 0. The molecule has 0 aromatic heterocycles. The molecule has 88 valence electrons. The van der Waals surface area contributed by atoms with Crippen molar-refractivity contribution in [3.63, 3.8) is 0 Å². The number of nitrogens with two attached hydrogens (primary N) is 1. The van der Waals surface area contributed by atoms with Crippen molar-refractivity contribution in [1.82, 2.24) is 0 Å². The number of halogens is 1. The summed E-state index contributed by atoms with van der Waals surface area (Å²) in [6.45, 7) is 4.98. The normalized spacial score (nSPS) is 44.6. The number of aliphatic hydroxyl groups excluding tert-OH is 1. The second-order valence-electron chi connectivity index (χ2n) is 5.91. The Labute approximate surface area is 97.2 Å². The van der Waals surface area contributed by atoms with Crippen LogP contribution in [0.15, 0.2) is 0 Å². The maximum atomic E-state index is 9.80. The summed E-state index contributed by atoms with van der Waals surface area (Å²) in [6.07, 6.45) is 3.94. The van der Waals surface area contributed by atoms with Gasteiger partial charge in [0.1, 0.15) is 0 Å². The first-order valence-corrected chi connectivity index (χ1v) is 6.40. The molecule has 2 aliphatic carbocycles. The molecular weight excluding hydrogens is 210 g/mol. The van der Waals surface area contributed by atoms with E-state index in [0.717, 1.165) is 25.2 Å². The van der Waals surface area contributed by atoms with Crippen LogP contribution in [0.5, 0.6) is 0 Å². The Kier molecular flexibility index (Phi) is 2.81. The smallest absolute Gasteiger partial charge is 0.0668 e. The topological polar surface area (TPSA) is 46.2 Å². The van der Waals surface area contributed by atoms with Crippen LogP contribution in [-0.2, 0) is 0 Å². The van der Waals surface area contributed by atoms with E-state index in [0.29, 0.717) is 6.54 Å². The second kappa shape index (κ2) is 3.61. The molecule has 3 N–H and O–H groups in total. The van der Waals surface area contributed by atoms with Gasteiger partial charge in [0.25, 0.3) is 0 Å². The van der Waals surface area contributed by atoms with Gasteiger partial charge in [0.15, 0.2) is 0 Å². The van der Waals surface area contributed by atoms with Gasteiger partial charge in [0, 0.05) is 11.9 Å². The molecule has 2 rings (SSSR count). The molecule has 3 heteroatoms. The van der Waals surface area contributed by atoms with Gasteiger partial charge in [-0.1, -0.05) is 13.8 Å². The van der Waals surface area contributed by atoms with Crippen LogP contribution in [0.1, 0.15) is 39.5 Å². The lowest BCUT2D eigenvalue weighted by Crippen LogP contribution is -2.41. The van der Waals surface area contributed by atoms with Crippen LogP contribution in [0.4, 0.5) is 0 Å². The van der Waals surface area contributed by atoms with E-state index in [9.17, 15) is 5.11 Å². The molecule has 2 nitrogen and oxygen atoms in total. The minimum Gasteiger partial charge on any atom is -0.392 e. The van der Waals surface area contributed by atoms with Crippen molar-refractivity contribution in [3.05, 3.63) is 0 Å². The highest BCUT2D eigenvalue weighted by Crippen LogP contribution is 2.68.